The van der Waals surface area contributed by atoms with Gasteiger partial charge in [0.15, 0.2) is 10.8 Å². The van der Waals surface area contributed by atoms with Crippen LogP contribution in [0.3, 0.4) is 0 Å². The Labute approximate surface area is 188 Å². The number of β-lactam (4-membered cyclic amide) rings is 1. The molecule has 1 aliphatic rings. The van der Waals surface area contributed by atoms with Gasteiger partial charge in [0.05, 0.1) is 6.61 Å². The SMILES string of the molecule is CCCCNS(=O)(=O)OC[C@@H]1[C@H](NC(=O)/C(=N\OC)c2csc(N)n2)C(=O)N1S(=O)(=O)O. The minimum atomic E-state index is -5.05. The van der Waals surface area contributed by atoms with Crippen LogP contribution in [0.25, 0.3) is 0 Å². The fourth-order valence-corrected chi connectivity index (χ4v) is 4.81. The van der Waals surface area contributed by atoms with Crippen molar-refractivity contribution in [3.63, 3.8) is 0 Å². The maximum Gasteiger partial charge on any atom is 0.362 e. The second-order valence-electron chi connectivity index (χ2n) is 6.31. The van der Waals surface area contributed by atoms with Crippen molar-refractivity contribution < 1.29 is 40.0 Å². The van der Waals surface area contributed by atoms with Crippen molar-refractivity contribution in [2.75, 3.05) is 26.0 Å². The molecule has 1 fully saturated rings. The van der Waals surface area contributed by atoms with Crippen molar-refractivity contribution in [2.45, 2.75) is 31.8 Å². The van der Waals surface area contributed by atoms with Gasteiger partial charge in [-0.2, -0.15) is 21.6 Å². The number of nitrogens with one attached hydrogen (secondary N) is 2. The van der Waals surface area contributed by atoms with E-state index in [-0.39, 0.29) is 27.4 Å². The summed E-state index contributed by atoms with van der Waals surface area (Å²) in [5, 5.41) is 7.26. The topological polar surface area (TPSA) is 220 Å². The molecular formula is C14H22N6O9S3. The van der Waals surface area contributed by atoms with Crippen LogP contribution in [0.2, 0.25) is 0 Å². The van der Waals surface area contributed by atoms with E-state index in [1.807, 2.05) is 6.92 Å². The van der Waals surface area contributed by atoms with E-state index in [9.17, 15) is 31.0 Å². The molecule has 32 heavy (non-hydrogen) atoms. The number of nitrogen functional groups attached to an aromatic ring is 1. The predicted molar refractivity (Wildman–Crippen MR) is 112 cm³/mol. The molecule has 1 aromatic heterocycles. The molecule has 180 valence electrons. The summed E-state index contributed by atoms with van der Waals surface area (Å²) in [6.45, 7) is 1.06. The van der Waals surface area contributed by atoms with Crippen LogP contribution in [0.5, 0.6) is 0 Å². The molecule has 0 radical (unpaired) electrons. The van der Waals surface area contributed by atoms with E-state index in [0.717, 1.165) is 18.4 Å². The average molecular weight is 515 g/mol. The van der Waals surface area contributed by atoms with E-state index >= 15 is 0 Å². The second kappa shape index (κ2) is 10.5. The van der Waals surface area contributed by atoms with Gasteiger partial charge >= 0.3 is 20.6 Å². The van der Waals surface area contributed by atoms with Crippen molar-refractivity contribution >= 4 is 54.6 Å². The van der Waals surface area contributed by atoms with E-state index in [1.165, 1.54) is 5.38 Å². The molecule has 1 saturated heterocycles. The lowest BCUT2D eigenvalue weighted by molar-refractivity contribution is -0.146. The summed E-state index contributed by atoms with van der Waals surface area (Å²) in [6.07, 6.45) is 1.24. The van der Waals surface area contributed by atoms with Gasteiger partial charge in [0.2, 0.25) is 0 Å². The summed E-state index contributed by atoms with van der Waals surface area (Å²) >= 11 is 1.01. The normalized spacial score (nSPS) is 19.5. The molecule has 18 heteroatoms. The number of rotatable bonds is 12. The Morgan fingerprint density at radius 1 is 1.41 bits per heavy atom. The number of hydrogen-bond donors (Lipinski definition) is 4. The van der Waals surface area contributed by atoms with Crippen molar-refractivity contribution in [1.82, 2.24) is 19.3 Å². The zero-order chi connectivity index (χ0) is 24.1. The summed E-state index contributed by atoms with van der Waals surface area (Å²) in [6, 6.07) is -3.10. The molecule has 15 nitrogen and oxygen atoms in total. The number of nitrogens with zero attached hydrogens (tertiary/aromatic N) is 3. The summed E-state index contributed by atoms with van der Waals surface area (Å²) in [7, 11) is -8.16. The zero-order valence-corrected chi connectivity index (χ0v) is 19.4. The van der Waals surface area contributed by atoms with Gasteiger partial charge < -0.3 is 15.9 Å². The number of thiazole rings is 1. The van der Waals surface area contributed by atoms with Gasteiger partial charge in [0, 0.05) is 11.9 Å². The van der Waals surface area contributed by atoms with Crippen LogP contribution in [0.4, 0.5) is 5.13 Å². The zero-order valence-electron chi connectivity index (χ0n) is 16.9. The van der Waals surface area contributed by atoms with Crippen LogP contribution < -0.4 is 15.8 Å². The third-order valence-electron chi connectivity index (χ3n) is 4.07. The van der Waals surface area contributed by atoms with Gasteiger partial charge in [-0.1, -0.05) is 18.5 Å². The van der Waals surface area contributed by atoms with E-state index < -0.39 is 51.1 Å². The van der Waals surface area contributed by atoms with Crippen LogP contribution in [0, 0.1) is 0 Å². The Morgan fingerprint density at radius 3 is 2.62 bits per heavy atom. The molecule has 0 spiro atoms. The minimum absolute atomic E-state index is 0.00742. The fourth-order valence-electron chi connectivity index (χ4n) is 2.60. The van der Waals surface area contributed by atoms with Gasteiger partial charge in [-0.15, -0.1) is 11.3 Å². The fraction of sp³-hybridized carbons (Fsp3) is 0.571. The highest BCUT2D eigenvalue weighted by molar-refractivity contribution is 7.84. The van der Waals surface area contributed by atoms with Gasteiger partial charge in [0.1, 0.15) is 24.9 Å². The van der Waals surface area contributed by atoms with Crippen LogP contribution in [-0.2, 0) is 39.2 Å². The lowest BCUT2D eigenvalue weighted by atomic mass is 9.99. The molecule has 2 heterocycles. The molecule has 0 unspecified atom stereocenters. The Bertz CT molecular complexity index is 1090. The number of aromatic nitrogens is 1. The first-order chi connectivity index (χ1) is 14.9. The summed E-state index contributed by atoms with van der Waals surface area (Å²) in [4.78, 5) is 33.4. The highest BCUT2D eigenvalue weighted by Gasteiger charge is 2.54. The van der Waals surface area contributed by atoms with Crippen LogP contribution in [0.1, 0.15) is 25.5 Å². The number of anilines is 1. The smallest absolute Gasteiger partial charge is 0.362 e. The molecule has 1 aromatic rings. The number of oxime groups is 1. The summed E-state index contributed by atoms with van der Waals surface area (Å²) in [5.41, 5.74) is 5.19. The Hall–Kier alpha value is -2.38. The monoisotopic (exact) mass is 514 g/mol. The van der Waals surface area contributed by atoms with Crippen molar-refractivity contribution in [2.24, 2.45) is 5.16 Å². The second-order valence-corrected chi connectivity index (χ2v) is 9.92. The Morgan fingerprint density at radius 2 is 2.09 bits per heavy atom. The number of nitrogens with two attached hydrogens (primary N) is 1. The number of carbonyl (C=O) groups excluding carboxylic acids is 2. The van der Waals surface area contributed by atoms with Crippen molar-refractivity contribution in [1.29, 1.82) is 0 Å². The maximum absolute atomic E-state index is 12.6. The van der Waals surface area contributed by atoms with Crippen LogP contribution >= 0.6 is 11.3 Å². The lowest BCUT2D eigenvalue weighted by Gasteiger charge is -2.43. The number of hydrogen-bond acceptors (Lipinski definition) is 12. The first-order valence-electron chi connectivity index (χ1n) is 8.99. The Kier molecular flexibility index (Phi) is 8.48. The number of carbonyl (C=O) groups is 2. The first-order valence-corrected chi connectivity index (χ1v) is 12.7. The van der Waals surface area contributed by atoms with E-state index in [1.54, 1.807) is 0 Å². The molecule has 0 bridgehead atoms. The summed E-state index contributed by atoms with van der Waals surface area (Å²) < 4.78 is 63.0. The molecule has 1 aliphatic heterocycles. The largest absolute Gasteiger partial charge is 0.398 e. The molecule has 2 amide bonds. The molecule has 2 atom stereocenters. The first kappa shape index (κ1) is 25.9. The van der Waals surface area contributed by atoms with Gasteiger partial charge in [-0.25, -0.2) is 9.29 Å². The predicted octanol–water partition coefficient (Wildman–Crippen LogP) is -1.77. The van der Waals surface area contributed by atoms with Crippen molar-refractivity contribution in [3.8, 4) is 0 Å². The van der Waals surface area contributed by atoms with Crippen LogP contribution in [-0.4, -0.2) is 80.5 Å². The molecule has 0 saturated carbocycles. The van der Waals surface area contributed by atoms with E-state index in [4.69, 9.17) is 9.92 Å². The third-order valence-corrected chi connectivity index (χ3v) is 6.70. The number of amides is 2. The van der Waals surface area contributed by atoms with E-state index in [0.29, 0.717) is 12.8 Å². The molecule has 5 N–H and O–H groups in total. The molecule has 2 rings (SSSR count). The van der Waals surface area contributed by atoms with Gasteiger partial charge in [0.25, 0.3) is 11.8 Å². The molecular weight excluding hydrogens is 492 g/mol. The van der Waals surface area contributed by atoms with Crippen LogP contribution in [0.15, 0.2) is 10.5 Å². The summed E-state index contributed by atoms with van der Waals surface area (Å²) in [5.74, 6) is -2.19. The molecule has 0 aromatic carbocycles. The highest BCUT2D eigenvalue weighted by atomic mass is 32.2. The van der Waals surface area contributed by atoms with Crippen molar-refractivity contribution in [3.05, 3.63) is 11.1 Å². The third kappa shape index (κ3) is 6.33. The highest BCUT2D eigenvalue weighted by Crippen LogP contribution is 2.25. The van der Waals surface area contributed by atoms with E-state index in [2.05, 4.69) is 25.0 Å². The standard InChI is InChI=1S/C14H22N6O9S3/c1-3-4-5-16-31(23,24)29-6-9-11(13(22)20(9)32(25,26)27)18-12(21)10(19-28-2)8-7-30-14(15)17-8/h7,9,11,16H,3-6H2,1-2H3,(H2,15,17)(H,18,21)(H,25,26,27)/b19-10-/t9-,11+/m1/s1. The van der Waals surface area contributed by atoms with Gasteiger partial charge in [-0.05, 0) is 6.42 Å². The lowest BCUT2D eigenvalue weighted by Crippen LogP contribution is -2.73. The maximum atomic E-state index is 12.6. The Balaban J connectivity index is 2.18. The number of unbranched alkanes of at least 4 members (excludes halogenated alkanes) is 1. The average Bonchev–Trinajstić information content (AvgIpc) is 3.11. The minimum Gasteiger partial charge on any atom is -0.398 e. The molecule has 0 aliphatic carbocycles. The van der Waals surface area contributed by atoms with Gasteiger partial charge in [-0.3, -0.25) is 18.3 Å². The quantitative estimate of drug-likeness (QED) is 0.0803.